The van der Waals surface area contributed by atoms with Crippen LogP contribution in [-0.2, 0) is 0 Å². The Kier molecular flexibility index (Phi) is 2.13. The molecule has 0 saturated heterocycles. The molecule has 0 N–H and O–H groups in total. The summed E-state index contributed by atoms with van der Waals surface area (Å²) < 4.78 is 0. The molecule has 4 heavy (non-hydrogen) atoms. The highest BCUT2D eigenvalue weighted by molar-refractivity contribution is 6.52. The van der Waals surface area contributed by atoms with Crippen molar-refractivity contribution in [1.82, 2.24) is 0 Å². The Morgan fingerprint density at radius 1 is 1.50 bits per heavy atom. The Hall–Kier alpha value is 0.580. The largest absolute Gasteiger partial charge is 0.147 e. The van der Waals surface area contributed by atoms with Gasteiger partial charge in [-0.15, -0.1) is 0 Å². The van der Waals surface area contributed by atoms with Gasteiger partial charge in [0.1, 0.15) is 4.84 Å². The van der Waals surface area contributed by atoms with E-state index in [2.05, 4.69) is 0 Å². The summed E-state index contributed by atoms with van der Waals surface area (Å²) in [6.45, 7) is 1.61. The minimum Gasteiger partial charge on any atom is -0.0986 e. The quantitative estimate of drug-likeness (QED) is 0.434. The van der Waals surface area contributed by atoms with Crippen LogP contribution in [0.2, 0.25) is 0 Å². The van der Waals surface area contributed by atoms with Gasteiger partial charge in [-0.25, -0.2) is 0 Å². The summed E-state index contributed by atoms with van der Waals surface area (Å²) in [5.41, 5.74) is 0. The van der Waals surface area contributed by atoms with Crippen molar-refractivity contribution in [3.63, 3.8) is 0 Å². The molecule has 0 bridgehead atoms. The Balaban J connectivity index is 2.32. The third-order valence-corrected chi connectivity index (χ3v) is 0. The summed E-state index contributed by atoms with van der Waals surface area (Å²) in [4.78, 5) is 0.361. The maximum absolute atomic E-state index is 4.96. The Labute approximate surface area is 35.7 Å². The van der Waals surface area contributed by atoms with Gasteiger partial charge in [0, 0.05) is 0 Å². The second kappa shape index (κ2) is 1.86. The molecule has 1 radical (unpaired) electrons. The molecule has 25 valence electrons. The highest BCUT2D eigenvalue weighted by atomic mass is 35.5. The van der Waals surface area contributed by atoms with Gasteiger partial charge >= 0.3 is 0 Å². The molecule has 0 heterocycles. The molecular weight excluding hydrogens is 94.9 g/mol. The summed E-state index contributed by atoms with van der Waals surface area (Å²) in [5, 5.41) is 0. The molecule has 0 amide bonds. The van der Waals surface area contributed by atoms with E-state index in [-0.39, 0.29) is 0 Å². The number of hydrogen-bond acceptors (Lipinski definition) is 0. The molecule has 0 unspecified atom stereocenters. The van der Waals surface area contributed by atoms with Crippen molar-refractivity contribution >= 4 is 23.2 Å². The highest BCUT2D eigenvalue weighted by Crippen LogP contribution is 2.06. The van der Waals surface area contributed by atoms with Gasteiger partial charge < -0.3 is 0 Å². The number of hydrogen-bond donors (Lipinski definition) is 0. The average molecular weight is 98.0 g/mol. The van der Waals surface area contributed by atoms with Gasteiger partial charge in [0.15, 0.2) is 0 Å². The lowest BCUT2D eigenvalue weighted by Gasteiger charge is -1.70. The lowest BCUT2D eigenvalue weighted by molar-refractivity contribution is 1.63. The summed E-state index contributed by atoms with van der Waals surface area (Å²) in [7, 11) is 0. The third kappa shape index (κ3) is 19.1. The fourth-order valence-corrected chi connectivity index (χ4v) is 0. The van der Waals surface area contributed by atoms with E-state index in [0.717, 1.165) is 0 Å². The Morgan fingerprint density at radius 2 is 1.50 bits per heavy atom. The number of halogens is 2. The fraction of sp³-hybridized carbons (Fsp3) is 0.500. The van der Waals surface area contributed by atoms with E-state index >= 15 is 0 Å². The van der Waals surface area contributed by atoms with Crippen LogP contribution < -0.4 is 0 Å². The van der Waals surface area contributed by atoms with Crippen molar-refractivity contribution < 1.29 is 0 Å². The highest BCUT2D eigenvalue weighted by Gasteiger charge is 1.77. The molecule has 0 aromatic rings. The van der Waals surface area contributed by atoms with Gasteiger partial charge in [-0.05, 0) is 6.92 Å². The molecule has 0 aromatic carbocycles. The molecule has 0 aliphatic rings. The molecule has 0 aliphatic carbocycles. The van der Waals surface area contributed by atoms with Crippen LogP contribution in [0.4, 0.5) is 0 Å². The zero-order chi connectivity index (χ0) is 3.58. The van der Waals surface area contributed by atoms with Gasteiger partial charge in [0.2, 0.25) is 0 Å². The monoisotopic (exact) mass is 97.0 g/mol. The van der Waals surface area contributed by atoms with Crippen LogP contribution in [0, 0.1) is 4.84 Å². The number of rotatable bonds is 0. The summed E-state index contributed by atoms with van der Waals surface area (Å²) in [5.74, 6) is 0. The van der Waals surface area contributed by atoms with E-state index in [1.54, 1.807) is 6.92 Å². The van der Waals surface area contributed by atoms with Crippen LogP contribution >= 0.6 is 23.2 Å². The first-order valence-electron chi connectivity index (χ1n) is 0.878. The van der Waals surface area contributed by atoms with Crippen molar-refractivity contribution in [2.24, 2.45) is 0 Å². The molecule has 0 aliphatic heterocycles. The molecule has 2 heteroatoms. The van der Waals surface area contributed by atoms with Crippen molar-refractivity contribution in [3.8, 4) is 0 Å². The molecule has 0 saturated carbocycles. The second-order valence-electron chi connectivity index (χ2n) is 0.449. The smallest absolute Gasteiger partial charge is 0.0986 e. The van der Waals surface area contributed by atoms with E-state index in [1.165, 1.54) is 0 Å². The van der Waals surface area contributed by atoms with Crippen LogP contribution in [0.15, 0.2) is 0 Å². The average Bonchev–Trinajstić information content (AvgIpc) is 0.811. The van der Waals surface area contributed by atoms with Gasteiger partial charge in [0.05, 0.1) is 0 Å². The minimum absolute atomic E-state index is 0.361. The first-order chi connectivity index (χ1) is 1.73. The predicted octanol–water partition coefficient (Wildman–Crippen LogP) is 1.97. The molecule has 0 spiro atoms. The van der Waals surface area contributed by atoms with Gasteiger partial charge in [0.25, 0.3) is 0 Å². The van der Waals surface area contributed by atoms with Crippen molar-refractivity contribution in [1.29, 1.82) is 0 Å². The standard InChI is InChI=1S/C2H3Cl2/c1-2(3)4/h1H3. The normalized spacial score (nSPS) is 9.00. The molecule has 0 fully saturated rings. The molecule has 0 atom stereocenters. The minimum atomic E-state index is 0.361. The third-order valence-electron chi connectivity index (χ3n) is 0. The topological polar surface area (TPSA) is 0 Å². The van der Waals surface area contributed by atoms with Crippen LogP contribution in [0.5, 0.6) is 0 Å². The van der Waals surface area contributed by atoms with E-state index < -0.39 is 0 Å². The fourth-order valence-electron chi connectivity index (χ4n) is 0. The Morgan fingerprint density at radius 3 is 1.50 bits per heavy atom. The van der Waals surface area contributed by atoms with E-state index in [9.17, 15) is 0 Å². The van der Waals surface area contributed by atoms with Gasteiger partial charge in [-0.1, -0.05) is 23.2 Å². The van der Waals surface area contributed by atoms with E-state index in [4.69, 9.17) is 23.2 Å². The van der Waals surface area contributed by atoms with E-state index in [1.807, 2.05) is 0 Å². The Bertz CT molecular complexity index is 8.75. The summed E-state index contributed by atoms with van der Waals surface area (Å²) in [6.07, 6.45) is 0. The van der Waals surface area contributed by atoms with Crippen molar-refractivity contribution in [2.45, 2.75) is 6.92 Å². The van der Waals surface area contributed by atoms with E-state index in [0.29, 0.717) is 4.84 Å². The zero-order valence-electron chi connectivity index (χ0n) is 2.26. The lowest BCUT2D eigenvalue weighted by Crippen LogP contribution is -1.47. The summed E-state index contributed by atoms with van der Waals surface area (Å²) >= 11 is 9.91. The van der Waals surface area contributed by atoms with Gasteiger partial charge in [-0.2, -0.15) is 0 Å². The van der Waals surface area contributed by atoms with Crippen LogP contribution in [-0.4, -0.2) is 0 Å². The second-order valence-corrected chi connectivity index (χ2v) is 1.78. The predicted molar refractivity (Wildman–Crippen MR) is 20.6 cm³/mol. The molecule has 0 aromatic heterocycles. The first kappa shape index (κ1) is 4.58. The van der Waals surface area contributed by atoms with Crippen molar-refractivity contribution in [3.05, 3.63) is 4.84 Å². The molecule has 0 rings (SSSR count). The van der Waals surface area contributed by atoms with Crippen LogP contribution in [0.25, 0.3) is 0 Å². The lowest BCUT2D eigenvalue weighted by atomic mass is 11.0. The maximum atomic E-state index is 4.96. The zero-order valence-corrected chi connectivity index (χ0v) is 3.77. The maximum Gasteiger partial charge on any atom is 0.147 e. The van der Waals surface area contributed by atoms with Crippen LogP contribution in [0.3, 0.4) is 0 Å². The van der Waals surface area contributed by atoms with Crippen LogP contribution in [0.1, 0.15) is 6.92 Å². The molecule has 0 nitrogen and oxygen atoms in total. The first-order valence-corrected chi connectivity index (χ1v) is 1.63. The summed E-state index contributed by atoms with van der Waals surface area (Å²) in [6, 6.07) is 0. The molecular formula is C2H3Cl2. The SMILES string of the molecule is C[C](Cl)Cl. The van der Waals surface area contributed by atoms with Gasteiger partial charge in [-0.3, -0.25) is 0 Å². The van der Waals surface area contributed by atoms with Crippen molar-refractivity contribution in [2.75, 3.05) is 0 Å².